The first-order valence-corrected chi connectivity index (χ1v) is 14.2. The lowest BCUT2D eigenvalue weighted by molar-refractivity contribution is 0.0488. The maximum atomic E-state index is 15.0. The van der Waals surface area contributed by atoms with Crippen LogP contribution in [0.25, 0.3) is 22.3 Å². The molecule has 41 heavy (non-hydrogen) atoms. The zero-order valence-electron chi connectivity index (χ0n) is 23.8. The zero-order chi connectivity index (χ0) is 28.8. The van der Waals surface area contributed by atoms with Gasteiger partial charge in [-0.15, -0.1) is 0 Å². The van der Waals surface area contributed by atoms with E-state index in [-0.39, 0.29) is 34.7 Å². The number of anilines is 2. The van der Waals surface area contributed by atoms with Crippen molar-refractivity contribution in [2.24, 2.45) is 0 Å². The number of rotatable bonds is 6. The molecule has 0 unspecified atom stereocenters. The number of carbonyl (C=O) groups is 1. The Morgan fingerprint density at radius 2 is 1.76 bits per heavy atom. The Morgan fingerprint density at radius 1 is 1.00 bits per heavy atom. The van der Waals surface area contributed by atoms with Crippen molar-refractivity contribution in [3.63, 3.8) is 0 Å². The van der Waals surface area contributed by atoms with Crippen LogP contribution in [0.2, 0.25) is 0 Å². The summed E-state index contributed by atoms with van der Waals surface area (Å²) in [5.41, 5.74) is 2.19. The summed E-state index contributed by atoms with van der Waals surface area (Å²) >= 11 is 0. The molecule has 0 atom stereocenters. The molecule has 11 heteroatoms. The van der Waals surface area contributed by atoms with Gasteiger partial charge in [-0.3, -0.25) is 4.79 Å². The number of likely N-dealkylation sites (tertiary alicyclic amines) is 2. The number of hydrogen-bond donors (Lipinski definition) is 1. The van der Waals surface area contributed by atoms with Crippen LogP contribution in [-0.4, -0.2) is 72.4 Å². The lowest BCUT2D eigenvalue weighted by Crippen LogP contribution is -2.51. The second-order valence-corrected chi connectivity index (χ2v) is 11.2. The van der Waals surface area contributed by atoms with E-state index in [2.05, 4.69) is 30.2 Å². The van der Waals surface area contributed by atoms with Crippen molar-refractivity contribution < 1.29 is 13.6 Å². The van der Waals surface area contributed by atoms with Gasteiger partial charge < -0.3 is 19.7 Å². The standard InChI is InChI=1S/C30H34F2N8O/c1-17(2)40-19(4)35-28-23(31)14-20(15-25(28)40)27-24(32)16-33-30(37-27)36-26-7-6-22(18(3)34-26)29(41)39-12-8-21(9-13-39)38-10-5-11-38/h6-7,14-17,21H,5,8-13H2,1-4H3,(H,33,34,36,37). The third-order valence-corrected chi connectivity index (χ3v) is 8.17. The second kappa shape index (κ2) is 10.8. The first-order valence-electron chi connectivity index (χ1n) is 14.2. The van der Waals surface area contributed by atoms with E-state index >= 15 is 4.39 Å². The fourth-order valence-electron chi connectivity index (χ4n) is 5.97. The fraction of sp³-hybridized carbons (Fsp3) is 0.433. The Balaban J connectivity index is 1.21. The number of pyridine rings is 1. The first-order chi connectivity index (χ1) is 19.7. The molecule has 3 aromatic heterocycles. The number of carbonyl (C=O) groups excluding carboxylic acids is 1. The average Bonchev–Trinajstić information content (AvgIpc) is 3.25. The topological polar surface area (TPSA) is 92.1 Å². The third-order valence-electron chi connectivity index (χ3n) is 8.17. The van der Waals surface area contributed by atoms with Gasteiger partial charge in [-0.1, -0.05) is 0 Å². The van der Waals surface area contributed by atoms with Gasteiger partial charge in [0, 0.05) is 30.7 Å². The molecule has 2 aliphatic rings. The number of piperidine rings is 1. The number of nitrogens with zero attached hydrogens (tertiary/aromatic N) is 7. The van der Waals surface area contributed by atoms with E-state index in [0.29, 0.717) is 34.5 Å². The minimum absolute atomic E-state index is 0.0165. The number of amides is 1. The molecule has 0 bridgehead atoms. The molecule has 1 N–H and O–H groups in total. The number of benzene rings is 1. The lowest BCUT2D eigenvalue weighted by Gasteiger charge is -2.43. The molecule has 9 nitrogen and oxygen atoms in total. The quantitative estimate of drug-likeness (QED) is 0.337. The van der Waals surface area contributed by atoms with Gasteiger partial charge in [0.05, 0.1) is 23.0 Å². The molecule has 6 rings (SSSR count). The minimum atomic E-state index is -0.676. The van der Waals surface area contributed by atoms with Crippen LogP contribution in [0.1, 0.15) is 61.0 Å². The van der Waals surface area contributed by atoms with E-state index in [1.165, 1.54) is 25.6 Å². The highest BCUT2D eigenvalue weighted by Crippen LogP contribution is 2.31. The molecule has 2 saturated heterocycles. The number of aromatic nitrogens is 5. The Bertz CT molecular complexity index is 1620. The molecular weight excluding hydrogens is 526 g/mol. The highest BCUT2D eigenvalue weighted by Gasteiger charge is 2.30. The van der Waals surface area contributed by atoms with Crippen LogP contribution in [0.15, 0.2) is 30.5 Å². The van der Waals surface area contributed by atoms with Crippen molar-refractivity contribution in [2.75, 3.05) is 31.5 Å². The number of nitrogens with one attached hydrogen (secondary N) is 1. The van der Waals surface area contributed by atoms with Crippen LogP contribution in [0, 0.1) is 25.5 Å². The van der Waals surface area contributed by atoms with Gasteiger partial charge in [0.1, 0.15) is 22.9 Å². The van der Waals surface area contributed by atoms with Crippen molar-refractivity contribution in [3.05, 3.63) is 59.2 Å². The molecule has 2 fully saturated rings. The van der Waals surface area contributed by atoms with E-state index in [0.717, 1.165) is 32.1 Å². The van der Waals surface area contributed by atoms with Crippen LogP contribution >= 0.6 is 0 Å². The van der Waals surface area contributed by atoms with Crippen LogP contribution < -0.4 is 5.32 Å². The Kier molecular flexibility index (Phi) is 7.14. The molecule has 0 saturated carbocycles. The van der Waals surface area contributed by atoms with Crippen LogP contribution in [-0.2, 0) is 0 Å². The highest BCUT2D eigenvalue weighted by molar-refractivity contribution is 5.95. The molecular formula is C30H34F2N8O. The summed E-state index contributed by atoms with van der Waals surface area (Å²) in [5, 5.41) is 3.00. The number of aryl methyl sites for hydroxylation is 2. The summed E-state index contributed by atoms with van der Waals surface area (Å²) in [7, 11) is 0. The Labute approximate surface area is 237 Å². The molecule has 0 radical (unpaired) electrons. The van der Waals surface area contributed by atoms with Gasteiger partial charge in [0.15, 0.2) is 11.6 Å². The summed E-state index contributed by atoms with van der Waals surface area (Å²) in [5.74, 6) is -0.0366. The molecule has 4 aromatic rings. The summed E-state index contributed by atoms with van der Waals surface area (Å²) in [6, 6.07) is 7.00. The summed E-state index contributed by atoms with van der Waals surface area (Å²) in [6.07, 6.45) is 4.32. The van der Waals surface area contributed by atoms with E-state index in [9.17, 15) is 9.18 Å². The molecule has 0 spiro atoms. The largest absolute Gasteiger partial charge is 0.338 e. The fourth-order valence-corrected chi connectivity index (χ4v) is 5.97. The van der Waals surface area contributed by atoms with E-state index in [1.54, 1.807) is 25.1 Å². The normalized spacial score (nSPS) is 16.4. The molecule has 0 aliphatic carbocycles. The smallest absolute Gasteiger partial charge is 0.255 e. The van der Waals surface area contributed by atoms with Crippen molar-refractivity contribution >= 4 is 28.7 Å². The third kappa shape index (κ3) is 5.14. The summed E-state index contributed by atoms with van der Waals surface area (Å²) < 4.78 is 31.8. The van der Waals surface area contributed by atoms with Gasteiger partial charge in [-0.25, -0.2) is 28.7 Å². The minimum Gasteiger partial charge on any atom is -0.338 e. The molecule has 5 heterocycles. The second-order valence-electron chi connectivity index (χ2n) is 11.2. The number of halogens is 2. The Hall–Kier alpha value is -3.99. The predicted molar refractivity (Wildman–Crippen MR) is 153 cm³/mol. The van der Waals surface area contributed by atoms with Crippen LogP contribution in [0.3, 0.4) is 0 Å². The molecule has 1 amide bonds. The van der Waals surface area contributed by atoms with Gasteiger partial charge in [0.25, 0.3) is 5.91 Å². The van der Waals surface area contributed by atoms with Crippen LogP contribution in [0.5, 0.6) is 0 Å². The first kappa shape index (κ1) is 27.2. The van der Waals surface area contributed by atoms with E-state index < -0.39 is 11.6 Å². The predicted octanol–water partition coefficient (Wildman–Crippen LogP) is 5.42. The lowest BCUT2D eigenvalue weighted by atomic mass is 9.99. The van der Waals surface area contributed by atoms with Crippen molar-refractivity contribution in [1.82, 2.24) is 34.3 Å². The summed E-state index contributed by atoms with van der Waals surface area (Å²) in [4.78, 5) is 35.0. The molecule has 214 valence electrons. The van der Waals surface area contributed by atoms with Crippen LogP contribution in [0.4, 0.5) is 20.5 Å². The van der Waals surface area contributed by atoms with Gasteiger partial charge in [-0.05, 0) is 84.3 Å². The maximum absolute atomic E-state index is 15.0. The Morgan fingerprint density at radius 3 is 2.41 bits per heavy atom. The van der Waals surface area contributed by atoms with Crippen molar-refractivity contribution in [1.29, 1.82) is 0 Å². The van der Waals surface area contributed by atoms with Gasteiger partial charge >= 0.3 is 0 Å². The number of fused-ring (bicyclic) bond motifs is 1. The molecule has 1 aromatic carbocycles. The SMILES string of the molecule is Cc1nc(Nc2ncc(F)c(-c3cc(F)c4nc(C)n(C(C)C)c4c3)n2)ccc1C(=O)N1CCC(N2CCC2)CC1. The summed E-state index contributed by atoms with van der Waals surface area (Å²) in [6.45, 7) is 11.4. The van der Waals surface area contributed by atoms with E-state index in [1.807, 2.05) is 30.2 Å². The number of imidazole rings is 1. The highest BCUT2D eigenvalue weighted by atomic mass is 19.1. The average molecular weight is 561 g/mol. The maximum Gasteiger partial charge on any atom is 0.255 e. The molecule has 2 aliphatic heterocycles. The van der Waals surface area contributed by atoms with Crippen molar-refractivity contribution in [2.45, 2.75) is 59.0 Å². The monoisotopic (exact) mass is 560 g/mol. The van der Waals surface area contributed by atoms with Crippen molar-refractivity contribution in [3.8, 4) is 11.3 Å². The van der Waals surface area contributed by atoms with E-state index in [4.69, 9.17) is 0 Å². The number of hydrogen-bond acceptors (Lipinski definition) is 7. The zero-order valence-corrected chi connectivity index (χ0v) is 23.8. The van der Waals surface area contributed by atoms with Gasteiger partial charge in [0.2, 0.25) is 5.95 Å². The van der Waals surface area contributed by atoms with Gasteiger partial charge in [-0.2, -0.15) is 0 Å².